The molecule has 1 aromatic carbocycles. The zero-order valence-electron chi connectivity index (χ0n) is 11.6. The maximum atomic E-state index is 13.7. The number of ether oxygens (including phenoxy) is 1. The lowest BCUT2D eigenvalue weighted by atomic mass is 10.1. The van der Waals surface area contributed by atoms with Crippen LogP contribution in [0.4, 0.5) is 10.1 Å². The largest absolute Gasteiger partial charge is 0.478 e. The number of benzene rings is 1. The maximum Gasteiger partial charge on any atom is 0.339 e. The summed E-state index contributed by atoms with van der Waals surface area (Å²) < 4.78 is 19.3. The van der Waals surface area contributed by atoms with E-state index in [1.165, 1.54) is 12.3 Å². The lowest BCUT2D eigenvalue weighted by Gasteiger charge is -2.25. The summed E-state index contributed by atoms with van der Waals surface area (Å²) in [5.74, 6) is -1.51. The van der Waals surface area contributed by atoms with Crippen LogP contribution in [0, 0.1) is 5.82 Å². The molecule has 0 bridgehead atoms. The number of aromatic carboxylic acids is 1. The van der Waals surface area contributed by atoms with Gasteiger partial charge in [0.2, 0.25) is 0 Å². The Bertz CT molecular complexity index is 732. The zero-order chi connectivity index (χ0) is 15.7. The lowest BCUT2D eigenvalue weighted by molar-refractivity contribution is 0.0696. The zero-order valence-corrected chi connectivity index (χ0v) is 13.2. The number of hydrogen-bond donors (Lipinski definition) is 2. The lowest BCUT2D eigenvalue weighted by Crippen LogP contribution is -2.30. The number of pyridine rings is 1. The molecule has 5 nitrogen and oxygen atoms in total. The number of fused-ring (bicyclic) bond motifs is 1. The summed E-state index contributed by atoms with van der Waals surface area (Å²) in [6.45, 7) is 1.24. The summed E-state index contributed by atoms with van der Waals surface area (Å²) in [4.78, 5) is 15.5. The fourth-order valence-electron chi connectivity index (χ4n) is 2.56. The molecule has 0 unspecified atom stereocenters. The molecule has 0 saturated carbocycles. The number of aromatic nitrogens is 1. The van der Waals surface area contributed by atoms with Crippen LogP contribution >= 0.6 is 15.9 Å². The first-order valence-corrected chi connectivity index (χ1v) is 7.71. The van der Waals surface area contributed by atoms with Crippen molar-refractivity contribution < 1.29 is 19.0 Å². The van der Waals surface area contributed by atoms with Crippen LogP contribution in [0.15, 0.2) is 22.8 Å². The number of hydrogen-bond acceptors (Lipinski definition) is 4. The highest BCUT2D eigenvalue weighted by molar-refractivity contribution is 9.10. The highest BCUT2D eigenvalue weighted by Gasteiger charge is 2.20. The van der Waals surface area contributed by atoms with Gasteiger partial charge in [-0.2, -0.15) is 0 Å². The van der Waals surface area contributed by atoms with E-state index in [4.69, 9.17) is 4.74 Å². The van der Waals surface area contributed by atoms with Crippen LogP contribution in [-0.4, -0.2) is 35.3 Å². The van der Waals surface area contributed by atoms with Gasteiger partial charge in [0.15, 0.2) is 0 Å². The number of anilines is 1. The first-order valence-electron chi connectivity index (χ1n) is 6.91. The Morgan fingerprint density at radius 2 is 2.32 bits per heavy atom. The van der Waals surface area contributed by atoms with Crippen molar-refractivity contribution >= 4 is 38.5 Å². The number of nitrogens with zero attached hydrogens (tertiary/aromatic N) is 1. The summed E-state index contributed by atoms with van der Waals surface area (Å²) in [6.07, 6.45) is 3.07. The van der Waals surface area contributed by atoms with E-state index in [1.807, 2.05) is 0 Å². The van der Waals surface area contributed by atoms with E-state index in [0.717, 1.165) is 19.4 Å². The summed E-state index contributed by atoms with van der Waals surface area (Å²) in [5.41, 5.74) is 0.926. The average Bonchev–Trinajstić information content (AvgIpc) is 2.50. The normalized spacial score (nSPS) is 18.4. The molecule has 0 spiro atoms. The number of rotatable bonds is 3. The van der Waals surface area contributed by atoms with Gasteiger partial charge in [-0.1, -0.05) is 0 Å². The molecule has 3 rings (SSSR count). The number of halogens is 2. The Balaban J connectivity index is 2.11. The maximum absolute atomic E-state index is 13.7. The Morgan fingerprint density at radius 3 is 3.00 bits per heavy atom. The second-order valence-electron chi connectivity index (χ2n) is 5.19. The van der Waals surface area contributed by atoms with Crippen LogP contribution in [0.5, 0.6) is 0 Å². The van der Waals surface area contributed by atoms with Gasteiger partial charge in [0.25, 0.3) is 0 Å². The fourth-order valence-corrected chi connectivity index (χ4v) is 2.91. The molecule has 0 aliphatic carbocycles. The van der Waals surface area contributed by atoms with Crippen molar-refractivity contribution in [3.63, 3.8) is 0 Å². The smallest absolute Gasteiger partial charge is 0.339 e. The van der Waals surface area contributed by atoms with Gasteiger partial charge in [0.05, 0.1) is 22.3 Å². The predicted molar refractivity (Wildman–Crippen MR) is 83.8 cm³/mol. The Labute approximate surface area is 134 Å². The third kappa shape index (κ3) is 2.91. The molecule has 2 aromatic rings. The van der Waals surface area contributed by atoms with Crippen LogP contribution in [0.1, 0.15) is 23.2 Å². The second-order valence-corrected chi connectivity index (χ2v) is 6.05. The van der Waals surface area contributed by atoms with E-state index in [-0.39, 0.29) is 16.1 Å². The third-order valence-electron chi connectivity index (χ3n) is 3.65. The molecule has 2 N–H and O–H groups in total. The predicted octanol–water partition coefficient (Wildman–Crippen LogP) is 3.43. The first kappa shape index (κ1) is 15.2. The Kier molecular flexibility index (Phi) is 4.26. The molecule has 0 radical (unpaired) electrons. The minimum Gasteiger partial charge on any atom is -0.478 e. The van der Waals surface area contributed by atoms with Gasteiger partial charge in [0.1, 0.15) is 11.4 Å². The molecule has 1 saturated heterocycles. The summed E-state index contributed by atoms with van der Waals surface area (Å²) >= 11 is 3.13. The minimum absolute atomic E-state index is 0.0290. The van der Waals surface area contributed by atoms with Crippen LogP contribution < -0.4 is 5.32 Å². The van der Waals surface area contributed by atoms with E-state index in [9.17, 15) is 14.3 Å². The number of carbonyl (C=O) groups is 1. The van der Waals surface area contributed by atoms with Crippen LogP contribution in [0.3, 0.4) is 0 Å². The van der Waals surface area contributed by atoms with Crippen molar-refractivity contribution in [2.45, 2.75) is 18.9 Å². The molecule has 7 heteroatoms. The van der Waals surface area contributed by atoms with Gasteiger partial charge in [0, 0.05) is 30.3 Å². The minimum atomic E-state index is -1.07. The third-order valence-corrected chi connectivity index (χ3v) is 4.26. The first-order chi connectivity index (χ1) is 10.6. The molecule has 1 aliphatic rings. The Hall–Kier alpha value is -1.73. The molecule has 22 heavy (non-hydrogen) atoms. The molecule has 116 valence electrons. The molecule has 1 aliphatic heterocycles. The summed E-state index contributed by atoms with van der Waals surface area (Å²) in [6, 6.07) is 2.87. The summed E-state index contributed by atoms with van der Waals surface area (Å²) in [7, 11) is 0. The van der Waals surface area contributed by atoms with Crippen molar-refractivity contribution in [2.24, 2.45) is 0 Å². The van der Waals surface area contributed by atoms with Crippen LogP contribution in [0.2, 0.25) is 0 Å². The van der Waals surface area contributed by atoms with Crippen LogP contribution in [0.25, 0.3) is 10.9 Å². The SMILES string of the molecule is O=C(O)c1cnc2cc(F)c(Br)cc2c1N[C@H]1CCCOC1. The molecule has 1 aromatic heterocycles. The van der Waals surface area contributed by atoms with Gasteiger partial charge in [-0.25, -0.2) is 9.18 Å². The van der Waals surface area contributed by atoms with E-state index in [0.29, 0.717) is 23.2 Å². The van der Waals surface area contributed by atoms with Crippen molar-refractivity contribution in [3.8, 4) is 0 Å². The topological polar surface area (TPSA) is 71.5 Å². The van der Waals surface area contributed by atoms with Crippen molar-refractivity contribution in [2.75, 3.05) is 18.5 Å². The second kappa shape index (κ2) is 6.18. The average molecular weight is 369 g/mol. The number of nitrogens with one attached hydrogen (secondary N) is 1. The monoisotopic (exact) mass is 368 g/mol. The summed E-state index contributed by atoms with van der Waals surface area (Å²) in [5, 5.41) is 13.2. The standard InChI is InChI=1S/C15H14BrFN2O3/c16-11-4-9-13(5-12(11)17)18-6-10(15(20)21)14(9)19-8-2-1-3-22-7-8/h4-6,8H,1-3,7H2,(H,18,19)(H,20,21)/t8-/m0/s1. The quantitative estimate of drug-likeness (QED) is 0.868. The van der Waals surface area contributed by atoms with E-state index in [2.05, 4.69) is 26.2 Å². The fraction of sp³-hybridized carbons (Fsp3) is 0.333. The van der Waals surface area contributed by atoms with Crippen molar-refractivity contribution in [1.29, 1.82) is 0 Å². The molecule has 1 atom stereocenters. The highest BCUT2D eigenvalue weighted by Crippen LogP contribution is 2.31. The van der Waals surface area contributed by atoms with E-state index < -0.39 is 11.8 Å². The van der Waals surface area contributed by atoms with E-state index in [1.54, 1.807) is 6.07 Å². The van der Waals surface area contributed by atoms with Gasteiger partial charge in [-0.15, -0.1) is 0 Å². The number of carboxylic acids is 1. The van der Waals surface area contributed by atoms with Gasteiger partial charge in [-0.3, -0.25) is 4.98 Å². The molecule has 1 fully saturated rings. The number of carboxylic acid groups (broad SMARTS) is 1. The Morgan fingerprint density at radius 1 is 1.50 bits per heavy atom. The molecule has 0 amide bonds. The van der Waals surface area contributed by atoms with Crippen molar-refractivity contribution in [1.82, 2.24) is 4.98 Å². The van der Waals surface area contributed by atoms with Crippen molar-refractivity contribution in [3.05, 3.63) is 34.2 Å². The van der Waals surface area contributed by atoms with Gasteiger partial charge < -0.3 is 15.2 Å². The van der Waals surface area contributed by atoms with Gasteiger partial charge >= 0.3 is 5.97 Å². The molecular weight excluding hydrogens is 355 g/mol. The highest BCUT2D eigenvalue weighted by atomic mass is 79.9. The van der Waals surface area contributed by atoms with Gasteiger partial charge in [-0.05, 0) is 34.8 Å². The van der Waals surface area contributed by atoms with E-state index >= 15 is 0 Å². The van der Waals surface area contributed by atoms with Crippen LogP contribution in [-0.2, 0) is 4.74 Å². The molecular formula is C15H14BrFN2O3. The molecule has 2 heterocycles.